The molecule has 1 aliphatic heterocycles. The molecule has 2 aromatic heterocycles. The first-order chi connectivity index (χ1) is 20.4. The molecule has 0 atom stereocenters. The minimum Gasteiger partial charge on any atom is -0.337 e. The first kappa shape index (κ1) is 29.1. The van der Waals surface area contributed by atoms with Gasteiger partial charge in [0.1, 0.15) is 18.9 Å². The number of aromatic nitrogens is 2. The molecule has 1 aliphatic rings. The number of thiazole rings is 2. The van der Waals surface area contributed by atoms with Crippen LogP contribution >= 0.6 is 34.4 Å². The molecule has 0 N–H and O–H groups in total. The molecule has 0 spiro atoms. The summed E-state index contributed by atoms with van der Waals surface area (Å²) in [7, 11) is 3.65. The lowest BCUT2D eigenvalue weighted by Crippen LogP contribution is -2.53. The Morgan fingerprint density at radius 2 is 1.69 bits per heavy atom. The summed E-state index contributed by atoms with van der Waals surface area (Å²) < 4.78 is 24.9. The highest BCUT2D eigenvalue weighted by atomic mass is 32.2. The monoisotopic (exact) mass is 620 g/mol. The van der Waals surface area contributed by atoms with Gasteiger partial charge in [0.15, 0.2) is 0 Å². The highest BCUT2D eigenvalue weighted by molar-refractivity contribution is 8.08. The standard InChI is InChI=1S/C32H34N3O4S3/c1-6-34-26(42-29(30(34)36)31-33(4)23-15-11-12-16-25(23)40-31)19-27-35(20-32(37-5,38-7-2)39-8-3)24-18-17-21-13-9-10-14-22(21)28(24)41-27/h9-19H,6-8,20H2,1-5H3/q+1. The van der Waals surface area contributed by atoms with Crippen LogP contribution < -0.4 is 24.2 Å². The zero-order chi connectivity index (χ0) is 29.4. The fraction of sp³-hybridized carbons (Fsp3) is 0.312. The van der Waals surface area contributed by atoms with Gasteiger partial charge in [-0.1, -0.05) is 59.5 Å². The number of rotatable bonds is 9. The van der Waals surface area contributed by atoms with Crippen LogP contribution in [0, 0.1) is 0 Å². The van der Waals surface area contributed by atoms with Gasteiger partial charge in [-0.2, -0.15) is 4.57 Å². The van der Waals surface area contributed by atoms with E-state index in [4.69, 9.17) is 14.2 Å². The van der Waals surface area contributed by atoms with E-state index in [0.717, 1.165) is 40.0 Å². The van der Waals surface area contributed by atoms with Gasteiger partial charge in [-0.3, -0.25) is 9.36 Å². The number of para-hydroxylation sites is 1. The van der Waals surface area contributed by atoms with Crippen molar-refractivity contribution in [2.45, 2.75) is 44.7 Å². The van der Waals surface area contributed by atoms with Gasteiger partial charge in [-0.05, 0) is 44.4 Å². The number of nitrogens with zero attached hydrogens (tertiary/aromatic N) is 3. The molecular formula is C32H34N3O4S3+. The SMILES string of the molecule is CCOC(C[n+]1c(C=c2sc(=C3Sc4ccccc4N3C)c(=O)n2CC)sc2c3ccccc3ccc21)(OC)OCC. The lowest BCUT2D eigenvalue weighted by Gasteiger charge is -2.28. The topological polar surface area (TPSA) is 56.8 Å². The molecule has 42 heavy (non-hydrogen) atoms. The molecule has 7 nitrogen and oxygen atoms in total. The quantitative estimate of drug-likeness (QED) is 0.169. The zero-order valence-electron chi connectivity index (χ0n) is 24.4. The zero-order valence-corrected chi connectivity index (χ0v) is 26.8. The van der Waals surface area contributed by atoms with Crippen molar-refractivity contribution in [3.05, 3.63) is 85.2 Å². The largest absolute Gasteiger partial charge is 0.345 e. The number of hydrogen-bond acceptors (Lipinski definition) is 8. The average molecular weight is 621 g/mol. The normalized spacial score (nSPS) is 15.4. The number of fused-ring (bicyclic) bond motifs is 4. The highest BCUT2D eigenvalue weighted by Gasteiger charge is 2.40. The molecule has 0 saturated carbocycles. The van der Waals surface area contributed by atoms with Crippen molar-refractivity contribution in [1.82, 2.24) is 4.57 Å². The Kier molecular flexibility index (Phi) is 8.28. The fourth-order valence-corrected chi connectivity index (χ4v) is 9.18. The van der Waals surface area contributed by atoms with Crippen LogP contribution in [0.25, 0.3) is 32.1 Å². The Bertz CT molecular complexity index is 1950. The Labute approximate surface area is 256 Å². The first-order valence-electron chi connectivity index (χ1n) is 14.1. The van der Waals surface area contributed by atoms with E-state index in [9.17, 15) is 4.79 Å². The third-order valence-corrected chi connectivity index (χ3v) is 11.1. The minimum atomic E-state index is -1.24. The molecule has 218 valence electrons. The van der Waals surface area contributed by atoms with E-state index in [1.807, 2.05) is 44.5 Å². The molecule has 0 fully saturated rings. The first-order valence-corrected chi connectivity index (χ1v) is 16.5. The van der Waals surface area contributed by atoms with E-state index >= 15 is 0 Å². The number of thioether (sulfide) groups is 1. The molecule has 6 rings (SSSR count). The van der Waals surface area contributed by atoms with Crippen LogP contribution in [0.5, 0.6) is 0 Å². The van der Waals surface area contributed by atoms with Crippen molar-refractivity contribution in [1.29, 1.82) is 0 Å². The molecule has 0 radical (unpaired) electrons. The summed E-state index contributed by atoms with van der Waals surface area (Å²) in [6.07, 6.45) is 2.13. The fourth-order valence-electron chi connectivity index (χ4n) is 5.42. The van der Waals surface area contributed by atoms with Crippen molar-refractivity contribution in [2.24, 2.45) is 0 Å². The van der Waals surface area contributed by atoms with Gasteiger partial charge in [0.2, 0.25) is 12.1 Å². The van der Waals surface area contributed by atoms with Crippen molar-refractivity contribution >= 4 is 72.2 Å². The maximum Gasteiger partial charge on any atom is 0.345 e. The van der Waals surface area contributed by atoms with Crippen LogP contribution in [0.1, 0.15) is 25.8 Å². The second-order valence-corrected chi connectivity index (χ2v) is 12.9. The number of hydrogen-bond donors (Lipinski definition) is 0. The third kappa shape index (κ3) is 5.00. The highest BCUT2D eigenvalue weighted by Crippen LogP contribution is 2.45. The Morgan fingerprint density at radius 1 is 0.952 bits per heavy atom. The number of benzene rings is 3. The number of ether oxygens (including phenoxy) is 3. The predicted octanol–water partition coefficient (Wildman–Crippen LogP) is 5.09. The molecule has 0 saturated heterocycles. The van der Waals surface area contributed by atoms with Crippen LogP contribution in [0.4, 0.5) is 5.69 Å². The molecule has 0 bridgehead atoms. The molecule has 0 amide bonds. The summed E-state index contributed by atoms with van der Waals surface area (Å²) >= 11 is 4.89. The molecular weight excluding hydrogens is 587 g/mol. The van der Waals surface area contributed by atoms with Crippen LogP contribution in [-0.2, 0) is 27.3 Å². The van der Waals surface area contributed by atoms with Gasteiger partial charge < -0.3 is 19.1 Å². The van der Waals surface area contributed by atoms with E-state index in [2.05, 4.69) is 64.1 Å². The number of anilines is 1. The van der Waals surface area contributed by atoms with E-state index < -0.39 is 5.97 Å². The molecule has 0 aliphatic carbocycles. The summed E-state index contributed by atoms with van der Waals surface area (Å²) in [6, 6.07) is 21.0. The van der Waals surface area contributed by atoms with E-state index in [-0.39, 0.29) is 5.56 Å². The smallest absolute Gasteiger partial charge is 0.337 e. The maximum atomic E-state index is 13.8. The Hall–Kier alpha value is -2.99. The van der Waals surface area contributed by atoms with Crippen LogP contribution in [0.3, 0.4) is 0 Å². The predicted molar refractivity (Wildman–Crippen MR) is 174 cm³/mol. The maximum absolute atomic E-state index is 13.8. The third-order valence-electron chi connectivity index (χ3n) is 7.42. The van der Waals surface area contributed by atoms with E-state index in [0.29, 0.717) is 26.3 Å². The lowest BCUT2D eigenvalue weighted by atomic mass is 10.1. The molecule has 3 heterocycles. The summed E-state index contributed by atoms with van der Waals surface area (Å²) in [6.45, 7) is 7.67. The van der Waals surface area contributed by atoms with Gasteiger partial charge in [0.05, 0.1) is 11.8 Å². The van der Waals surface area contributed by atoms with Gasteiger partial charge in [-0.25, -0.2) is 0 Å². The van der Waals surface area contributed by atoms with Gasteiger partial charge in [0, 0.05) is 50.3 Å². The summed E-state index contributed by atoms with van der Waals surface area (Å²) in [5.41, 5.74) is 2.21. The molecule has 3 aromatic carbocycles. The average Bonchev–Trinajstić information content (AvgIpc) is 3.63. The van der Waals surface area contributed by atoms with Crippen molar-refractivity contribution in [2.75, 3.05) is 32.3 Å². The second-order valence-electron chi connectivity index (χ2n) is 9.81. The van der Waals surface area contributed by atoms with Gasteiger partial charge in [0.25, 0.3) is 10.6 Å². The van der Waals surface area contributed by atoms with Gasteiger partial charge >= 0.3 is 5.97 Å². The molecule has 10 heteroatoms. The van der Waals surface area contributed by atoms with E-state index in [1.54, 1.807) is 30.2 Å². The molecule has 5 aromatic rings. The summed E-state index contributed by atoms with van der Waals surface area (Å²) in [5, 5.41) is 4.31. The van der Waals surface area contributed by atoms with Crippen LogP contribution in [0.2, 0.25) is 0 Å². The van der Waals surface area contributed by atoms with Gasteiger partial charge in [-0.15, -0.1) is 11.3 Å². The number of methoxy groups -OCH3 is 1. The van der Waals surface area contributed by atoms with Crippen molar-refractivity contribution < 1.29 is 18.8 Å². The molecule has 0 unspecified atom stereocenters. The Balaban J connectivity index is 1.60. The Morgan fingerprint density at radius 3 is 2.40 bits per heavy atom. The van der Waals surface area contributed by atoms with Crippen LogP contribution in [-0.4, -0.2) is 37.9 Å². The summed E-state index contributed by atoms with van der Waals surface area (Å²) in [4.78, 5) is 17.1. The van der Waals surface area contributed by atoms with Crippen molar-refractivity contribution in [3.8, 4) is 0 Å². The van der Waals surface area contributed by atoms with Crippen LogP contribution in [0.15, 0.2) is 70.4 Å². The van der Waals surface area contributed by atoms with E-state index in [1.165, 1.54) is 22.1 Å². The lowest BCUT2D eigenvalue weighted by molar-refractivity contribution is -0.709. The second kappa shape index (κ2) is 11.9. The summed E-state index contributed by atoms with van der Waals surface area (Å²) in [5.74, 6) is -1.24. The van der Waals surface area contributed by atoms with Crippen molar-refractivity contribution in [3.63, 3.8) is 0 Å². The minimum absolute atomic E-state index is 0.0314.